The van der Waals surface area contributed by atoms with Crippen molar-refractivity contribution in [3.05, 3.63) is 120 Å². The minimum absolute atomic E-state index is 0.0157. The Labute approximate surface area is 263 Å². The van der Waals surface area contributed by atoms with Crippen molar-refractivity contribution in [2.24, 2.45) is 5.14 Å². The quantitative estimate of drug-likeness (QED) is 0.103. The van der Waals surface area contributed by atoms with Gasteiger partial charge in [-0.05, 0) is 53.8 Å². The van der Waals surface area contributed by atoms with Gasteiger partial charge in [0.15, 0.2) is 0 Å². The Hall–Kier alpha value is -5.00. The molecule has 11 heteroatoms. The third-order valence-electron chi connectivity index (χ3n) is 7.24. The molecule has 0 aliphatic heterocycles. The Morgan fingerprint density at radius 1 is 0.933 bits per heavy atom. The van der Waals surface area contributed by atoms with Crippen LogP contribution in [0.5, 0.6) is 0 Å². The lowest BCUT2D eigenvalue weighted by molar-refractivity contribution is 0.145. The van der Waals surface area contributed by atoms with Gasteiger partial charge in [0.1, 0.15) is 12.4 Å². The largest absolute Gasteiger partial charge is 0.465 e. The van der Waals surface area contributed by atoms with Crippen molar-refractivity contribution < 1.29 is 27.9 Å². The lowest BCUT2D eigenvalue weighted by atomic mass is 9.97. The average molecular weight is 629 g/mol. The van der Waals surface area contributed by atoms with Crippen molar-refractivity contribution in [3.8, 4) is 11.1 Å². The molecule has 2 amide bonds. The van der Waals surface area contributed by atoms with Gasteiger partial charge >= 0.3 is 12.2 Å². The van der Waals surface area contributed by atoms with Gasteiger partial charge in [-0.15, -0.1) is 0 Å². The number of anilines is 1. The molecule has 1 unspecified atom stereocenters. The number of carboxylic acid groups (broad SMARTS) is 1. The van der Waals surface area contributed by atoms with Crippen LogP contribution in [-0.4, -0.2) is 37.6 Å². The van der Waals surface area contributed by atoms with Gasteiger partial charge in [-0.3, -0.25) is 15.6 Å². The molecule has 4 rings (SSSR count). The van der Waals surface area contributed by atoms with E-state index < -0.39 is 28.3 Å². The summed E-state index contributed by atoms with van der Waals surface area (Å²) in [6.07, 6.45) is 0.737. The predicted molar refractivity (Wildman–Crippen MR) is 174 cm³/mol. The first kappa shape index (κ1) is 32.9. The van der Waals surface area contributed by atoms with E-state index in [0.717, 1.165) is 24.0 Å². The minimum atomic E-state index is -3.96. The fourth-order valence-corrected chi connectivity index (χ4v) is 5.81. The Bertz CT molecular complexity index is 1740. The molecular formula is C34H36N4O6S. The standard InChI is InChI=1S/C34H36N4O6S/c1-2-3-14-29(22-25-12-9-13-27(21-25)32(35)37-33(39)44-23-24-10-5-4-6-11-24)38(34(40)41)28-19-17-26(18-20-28)30-15-7-8-16-31(30)45(36,42)43/h4-13,15-21,29H,2-3,14,22-23H2,1H3,(H,40,41)(H2,35,37,39)(H2,36,42,43). The number of amidine groups is 1. The van der Waals surface area contributed by atoms with Crippen molar-refractivity contribution in [3.63, 3.8) is 0 Å². The van der Waals surface area contributed by atoms with Crippen LogP contribution in [-0.2, 0) is 27.8 Å². The number of nitrogens with zero attached hydrogens (tertiary/aromatic N) is 1. The first-order valence-corrected chi connectivity index (χ1v) is 16.0. The van der Waals surface area contributed by atoms with Gasteiger partial charge < -0.3 is 9.84 Å². The molecule has 0 saturated carbocycles. The van der Waals surface area contributed by atoms with E-state index in [0.29, 0.717) is 35.2 Å². The van der Waals surface area contributed by atoms with E-state index in [1.165, 1.54) is 11.0 Å². The van der Waals surface area contributed by atoms with Crippen LogP contribution < -0.4 is 15.4 Å². The zero-order valence-corrected chi connectivity index (χ0v) is 25.7. The molecule has 0 aromatic heterocycles. The maximum Gasteiger partial charge on any atom is 0.413 e. The first-order valence-electron chi connectivity index (χ1n) is 14.5. The lowest BCUT2D eigenvalue weighted by Gasteiger charge is -2.30. The van der Waals surface area contributed by atoms with Crippen molar-refractivity contribution >= 4 is 33.7 Å². The molecule has 0 spiro atoms. The van der Waals surface area contributed by atoms with Gasteiger partial charge in [0.05, 0.1) is 4.90 Å². The number of benzene rings is 4. The van der Waals surface area contributed by atoms with Crippen molar-refractivity contribution in [1.82, 2.24) is 5.32 Å². The molecule has 4 aromatic carbocycles. The van der Waals surface area contributed by atoms with Gasteiger partial charge in [-0.1, -0.05) is 98.6 Å². The number of primary sulfonamides is 1. The molecular weight excluding hydrogens is 592 g/mol. The number of rotatable bonds is 12. The zero-order valence-electron chi connectivity index (χ0n) is 24.8. The molecule has 0 heterocycles. The first-order chi connectivity index (χ1) is 21.6. The Balaban J connectivity index is 1.52. The summed E-state index contributed by atoms with van der Waals surface area (Å²) < 4.78 is 29.4. The van der Waals surface area contributed by atoms with E-state index in [1.54, 1.807) is 60.7 Å². The number of unbranched alkanes of at least 4 members (excludes halogenated alkanes) is 1. The fraction of sp³-hybridized carbons (Fsp3) is 0.206. The summed E-state index contributed by atoms with van der Waals surface area (Å²) in [5.74, 6) is -0.134. The predicted octanol–water partition coefficient (Wildman–Crippen LogP) is 6.54. The topological polar surface area (TPSA) is 163 Å². The van der Waals surface area contributed by atoms with E-state index in [2.05, 4.69) is 5.32 Å². The lowest BCUT2D eigenvalue weighted by Crippen LogP contribution is -2.41. The Kier molecular flexibility index (Phi) is 11.1. The Morgan fingerprint density at radius 2 is 1.60 bits per heavy atom. The molecule has 0 aliphatic rings. The molecule has 0 radical (unpaired) electrons. The Morgan fingerprint density at radius 3 is 2.27 bits per heavy atom. The third kappa shape index (κ3) is 9.01. The van der Waals surface area contributed by atoms with Gasteiger partial charge in [-0.2, -0.15) is 0 Å². The summed E-state index contributed by atoms with van der Waals surface area (Å²) in [5.41, 5.74) is 3.52. The van der Waals surface area contributed by atoms with E-state index >= 15 is 0 Å². The molecule has 234 valence electrons. The highest BCUT2D eigenvalue weighted by Gasteiger charge is 2.26. The van der Waals surface area contributed by atoms with Gasteiger partial charge in [0.2, 0.25) is 10.0 Å². The molecule has 0 aliphatic carbocycles. The number of alkyl carbamates (subject to hydrolysis) is 1. The van der Waals surface area contributed by atoms with Crippen LogP contribution in [0, 0.1) is 5.41 Å². The number of sulfonamides is 1. The van der Waals surface area contributed by atoms with Crippen molar-refractivity contribution in [1.29, 1.82) is 5.41 Å². The molecule has 0 fully saturated rings. The van der Waals surface area contributed by atoms with Gasteiger partial charge in [-0.25, -0.2) is 23.1 Å². The molecule has 10 nitrogen and oxygen atoms in total. The van der Waals surface area contributed by atoms with Crippen LogP contribution in [0.1, 0.15) is 42.9 Å². The normalized spacial score (nSPS) is 11.8. The minimum Gasteiger partial charge on any atom is -0.465 e. The molecule has 5 N–H and O–H groups in total. The van der Waals surface area contributed by atoms with Gasteiger partial charge in [0, 0.05) is 22.9 Å². The van der Waals surface area contributed by atoms with E-state index in [4.69, 9.17) is 15.3 Å². The number of nitrogens with one attached hydrogen (secondary N) is 2. The highest BCUT2D eigenvalue weighted by Crippen LogP contribution is 2.30. The van der Waals surface area contributed by atoms with Crippen LogP contribution in [0.15, 0.2) is 108 Å². The monoisotopic (exact) mass is 628 g/mol. The number of hydrogen-bond donors (Lipinski definition) is 4. The second-order valence-electron chi connectivity index (χ2n) is 10.5. The second-order valence-corrected chi connectivity index (χ2v) is 12.0. The van der Waals surface area contributed by atoms with Crippen molar-refractivity contribution in [2.45, 2.75) is 50.2 Å². The maximum absolute atomic E-state index is 12.6. The van der Waals surface area contributed by atoms with E-state index in [9.17, 15) is 23.1 Å². The number of hydrogen-bond acceptors (Lipinski definition) is 6. The van der Waals surface area contributed by atoms with E-state index in [1.807, 2.05) is 43.3 Å². The summed E-state index contributed by atoms with van der Waals surface area (Å²) in [6.45, 7) is 2.11. The summed E-state index contributed by atoms with van der Waals surface area (Å²) in [6, 6.07) is 28.9. The maximum atomic E-state index is 12.6. The van der Waals surface area contributed by atoms with Crippen LogP contribution in [0.4, 0.5) is 15.3 Å². The number of amides is 2. The number of nitrogens with two attached hydrogens (primary N) is 1. The second kappa shape index (κ2) is 15.1. The summed E-state index contributed by atoms with van der Waals surface area (Å²) in [7, 11) is -3.96. The van der Waals surface area contributed by atoms with Crippen LogP contribution in [0.3, 0.4) is 0 Å². The summed E-state index contributed by atoms with van der Waals surface area (Å²) in [4.78, 5) is 26.2. The number of carbonyl (C=O) groups excluding carboxylic acids is 1. The van der Waals surface area contributed by atoms with E-state index in [-0.39, 0.29) is 17.3 Å². The van der Waals surface area contributed by atoms with Crippen LogP contribution in [0.2, 0.25) is 0 Å². The zero-order chi connectivity index (χ0) is 32.4. The smallest absolute Gasteiger partial charge is 0.413 e. The van der Waals surface area contributed by atoms with Gasteiger partial charge in [0.25, 0.3) is 0 Å². The number of carbonyl (C=O) groups is 2. The van der Waals surface area contributed by atoms with Crippen LogP contribution in [0.25, 0.3) is 11.1 Å². The molecule has 4 aromatic rings. The average Bonchev–Trinajstić information content (AvgIpc) is 3.03. The molecule has 0 saturated heterocycles. The highest BCUT2D eigenvalue weighted by molar-refractivity contribution is 7.89. The molecule has 45 heavy (non-hydrogen) atoms. The molecule has 1 atom stereocenters. The summed E-state index contributed by atoms with van der Waals surface area (Å²) >= 11 is 0. The SMILES string of the molecule is CCCCC(Cc1cccc(C(=N)NC(=O)OCc2ccccc2)c1)N(C(=O)O)c1ccc(-c2ccccc2S(N)(=O)=O)cc1. The summed E-state index contributed by atoms with van der Waals surface area (Å²) in [5, 5.41) is 26.6. The third-order valence-corrected chi connectivity index (χ3v) is 8.21. The molecule has 0 bridgehead atoms. The highest BCUT2D eigenvalue weighted by atomic mass is 32.2. The van der Waals surface area contributed by atoms with Crippen molar-refractivity contribution in [2.75, 3.05) is 4.90 Å². The number of ether oxygens (including phenoxy) is 1. The van der Waals surface area contributed by atoms with Crippen LogP contribution >= 0.6 is 0 Å². The fourth-order valence-electron chi connectivity index (χ4n) is 5.05.